The Kier molecular flexibility index (Phi) is 5.18. The molecule has 2 atom stereocenters. The standard InChI is InChI=1S/C17H26N4O3/c1-12-11-16(19-24-12)18-17(23)7-10-20-8-3-5-14(20)15-6-4-9-21(15)13(2)22/h11,14-15H,3-10H2,1-2H3,(H,18,19,23). The van der Waals surface area contributed by atoms with Gasteiger partial charge in [-0.1, -0.05) is 5.16 Å². The molecule has 3 heterocycles. The van der Waals surface area contributed by atoms with Crippen molar-refractivity contribution in [1.29, 1.82) is 0 Å². The van der Waals surface area contributed by atoms with Crippen molar-refractivity contribution in [1.82, 2.24) is 15.0 Å². The molecule has 0 saturated carbocycles. The highest BCUT2D eigenvalue weighted by Gasteiger charge is 2.38. The van der Waals surface area contributed by atoms with E-state index >= 15 is 0 Å². The minimum atomic E-state index is -0.0520. The minimum absolute atomic E-state index is 0.0520. The fourth-order valence-corrected chi connectivity index (χ4v) is 4.02. The highest BCUT2D eigenvalue weighted by atomic mass is 16.5. The van der Waals surface area contributed by atoms with Crippen LogP contribution in [-0.2, 0) is 9.59 Å². The number of nitrogens with one attached hydrogen (secondary N) is 1. The van der Waals surface area contributed by atoms with Gasteiger partial charge >= 0.3 is 0 Å². The van der Waals surface area contributed by atoms with Crippen LogP contribution < -0.4 is 5.32 Å². The maximum atomic E-state index is 12.1. The van der Waals surface area contributed by atoms with Gasteiger partial charge in [0.05, 0.1) is 0 Å². The molecule has 24 heavy (non-hydrogen) atoms. The van der Waals surface area contributed by atoms with Crippen LogP contribution >= 0.6 is 0 Å². The zero-order chi connectivity index (χ0) is 17.1. The summed E-state index contributed by atoms with van der Waals surface area (Å²) in [7, 11) is 0. The van der Waals surface area contributed by atoms with E-state index in [9.17, 15) is 9.59 Å². The fraction of sp³-hybridized carbons (Fsp3) is 0.706. The minimum Gasteiger partial charge on any atom is -0.360 e. The van der Waals surface area contributed by atoms with Crippen molar-refractivity contribution in [3.8, 4) is 0 Å². The lowest BCUT2D eigenvalue weighted by Gasteiger charge is -2.34. The summed E-state index contributed by atoms with van der Waals surface area (Å²) in [6.45, 7) is 6.04. The molecule has 2 amide bonds. The molecule has 1 aromatic heterocycles. The van der Waals surface area contributed by atoms with Crippen LogP contribution in [0.1, 0.15) is 44.8 Å². The molecule has 2 fully saturated rings. The Hall–Kier alpha value is -1.89. The van der Waals surface area contributed by atoms with E-state index < -0.39 is 0 Å². The first-order chi connectivity index (χ1) is 11.5. The molecule has 1 aromatic rings. The molecule has 132 valence electrons. The van der Waals surface area contributed by atoms with Crippen LogP contribution in [0.15, 0.2) is 10.6 Å². The van der Waals surface area contributed by atoms with Gasteiger partial charge in [0.1, 0.15) is 5.76 Å². The smallest absolute Gasteiger partial charge is 0.226 e. The summed E-state index contributed by atoms with van der Waals surface area (Å²) >= 11 is 0. The Labute approximate surface area is 142 Å². The van der Waals surface area contributed by atoms with Gasteiger partial charge in [-0.2, -0.15) is 0 Å². The molecule has 2 aliphatic heterocycles. The number of aryl methyl sites for hydroxylation is 1. The second kappa shape index (κ2) is 7.34. The van der Waals surface area contributed by atoms with Crippen LogP contribution in [-0.4, -0.2) is 58.5 Å². The van der Waals surface area contributed by atoms with Crippen LogP contribution in [0.25, 0.3) is 0 Å². The molecule has 0 radical (unpaired) electrons. The number of carbonyl (C=O) groups excluding carboxylic acids is 2. The molecular formula is C17H26N4O3. The van der Waals surface area contributed by atoms with E-state index in [-0.39, 0.29) is 11.8 Å². The van der Waals surface area contributed by atoms with Crippen LogP contribution in [0.4, 0.5) is 5.82 Å². The van der Waals surface area contributed by atoms with Gasteiger partial charge in [-0.25, -0.2) is 0 Å². The van der Waals surface area contributed by atoms with Gasteiger partial charge in [0, 0.05) is 44.6 Å². The number of nitrogens with zero attached hydrogens (tertiary/aromatic N) is 3. The van der Waals surface area contributed by atoms with Crippen molar-refractivity contribution in [3.05, 3.63) is 11.8 Å². The third-order valence-electron chi connectivity index (χ3n) is 5.08. The summed E-state index contributed by atoms with van der Waals surface area (Å²) < 4.78 is 4.95. The number of anilines is 1. The second-order valence-electron chi connectivity index (χ2n) is 6.79. The number of rotatable bonds is 5. The number of carbonyl (C=O) groups is 2. The Morgan fingerprint density at radius 1 is 1.29 bits per heavy atom. The maximum Gasteiger partial charge on any atom is 0.226 e. The van der Waals surface area contributed by atoms with Crippen LogP contribution in [0.2, 0.25) is 0 Å². The predicted octanol–water partition coefficient (Wildman–Crippen LogP) is 1.79. The van der Waals surface area contributed by atoms with E-state index in [1.807, 2.05) is 4.90 Å². The lowest BCUT2D eigenvalue weighted by atomic mass is 10.0. The maximum absolute atomic E-state index is 12.1. The van der Waals surface area contributed by atoms with Gasteiger partial charge in [0.15, 0.2) is 5.82 Å². The Balaban J connectivity index is 1.52. The third kappa shape index (κ3) is 3.77. The van der Waals surface area contributed by atoms with Crippen molar-refractivity contribution < 1.29 is 14.1 Å². The molecule has 0 bridgehead atoms. The van der Waals surface area contributed by atoms with Crippen LogP contribution in [0.3, 0.4) is 0 Å². The van der Waals surface area contributed by atoms with Gasteiger partial charge in [0.25, 0.3) is 0 Å². The summed E-state index contributed by atoms with van der Waals surface area (Å²) in [4.78, 5) is 28.3. The Bertz CT molecular complexity index is 600. The quantitative estimate of drug-likeness (QED) is 0.888. The lowest BCUT2D eigenvalue weighted by Crippen LogP contribution is -2.48. The van der Waals surface area contributed by atoms with Gasteiger partial charge < -0.3 is 14.7 Å². The summed E-state index contributed by atoms with van der Waals surface area (Å²) in [6, 6.07) is 2.41. The predicted molar refractivity (Wildman–Crippen MR) is 89.5 cm³/mol. The number of hydrogen-bond donors (Lipinski definition) is 1. The molecular weight excluding hydrogens is 308 g/mol. The molecule has 0 spiro atoms. The van der Waals surface area contributed by atoms with E-state index in [1.165, 1.54) is 0 Å². The first kappa shape index (κ1) is 17.0. The van der Waals surface area contributed by atoms with Gasteiger partial charge in [0.2, 0.25) is 11.8 Å². The molecule has 7 nitrogen and oxygen atoms in total. The van der Waals surface area contributed by atoms with Crippen LogP contribution in [0, 0.1) is 6.92 Å². The zero-order valence-electron chi connectivity index (χ0n) is 14.5. The fourth-order valence-electron chi connectivity index (χ4n) is 4.02. The van der Waals surface area contributed by atoms with Crippen molar-refractivity contribution >= 4 is 17.6 Å². The number of hydrogen-bond acceptors (Lipinski definition) is 5. The van der Waals surface area contributed by atoms with E-state index in [4.69, 9.17) is 4.52 Å². The van der Waals surface area contributed by atoms with E-state index in [1.54, 1.807) is 19.9 Å². The summed E-state index contributed by atoms with van der Waals surface area (Å²) in [5.74, 6) is 1.26. The van der Waals surface area contributed by atoms with E-state index in [0.29, 0.717) is 30.1 Å². The molecule has 7 heteroatoms. The molecule has 2 unspecified atom stereocenters. The summed E-state index contributed by atoms with van der Waals surface area (Å²) in [5, 5.41) is 6.54. The topological polar surface area (TPSA) is 78.7 Å². The van der Waals surface area contributed by atoms with Crippen molar-refractivity contribution in [3.63, 3.8) is 0 Å². The highest BCUT2D eigenvalue weighted by molar-refractivity contribution is 5.89. The highest BCUT2D eigenvalue weighted by Crippen LogP contribution is 2.30. The average molecular weight is 334 g/mol. The van der Waals surface area contributed by atoms with E-state index in [2.05, 4.69) is 15.4 Å². The van der Waals surface area contributed by atoms with E-state index in [0.717, 1.165) is 45.3 Å². The number of amides is 2. The molecule has 1 N–H and O–H groups in total. The third-order valence-corrected chi connectivity index (χ3v) is 5.08. The van der Waals surface area contributed by atoms with Gasteiger partial charge in [-0.05, 0) is 39.2 Å². The Morgan fingerprint density at radius 3 is 2.75 bits per heavy atom. The first-order valence-electron chi connectivity index (χ1n) is 8.79. The lowest BCUT2D eigenvalue weighted by molar-refractivity contribution is -0.130. The van der Waals surface area contributed by atoms with Crippen molar-refractivity contribution in [2.75, 3.05) is 25.0 Å². The summed E-state index contributed by atoms with van der Waals surface area (Å²) in [5.41, 5.74) is 0. The number of aromatic nitrogens is 1. The molecule has 2 saturated heterocycles. The average Bonchev–Trinajstić information content (AvgIpc) is 3.24. The SMILES string of the molecule is CC(=O)N1CCCC1C1CCCN1CCC(=O)Nc1cc(C)on1. The van der Waals surface area contributed by atoms with Gasteiger partial charge in [-0.15, -0.1) is 0 Å². The molecule has 3 rings (SSSR count). The first-order valence-corrected chi connectivity index (χ1v) is 8.79. The zero-order valence-corrected chi connectivity index (χ0v) is 14.5. The van der Waals surface area contributed by atoms with Crippen molar-refractivity contribution in [2.24, 2.45) is 0 Å². The Morgan fingerprint density at radius 2 is 2.04 bits per heavy atom. The largest absolute Gasteiger partial charge is 0.360 e. The van der Waals surface area contributed by atoms with Crippen molar-refractivity contribution in [2.45, 2.75) is 58.0 Å². The second-order valence-corrected chi connectivity index (χ2v) is 6.79. The van der Waals surface area contributed by atoms with Gasteiger partial charge in [-0.3, -0.25) is 14.5 Å². The molecule has 0 aliphatic carbocycles. The normalized spacial score (nSPS) is 24.5. The monoisotopic (exact) mass is 334 g/mol. The molecule has 2 aliphatic rings. The summed E-state index contributed by atoms with van der Waals surface area (Å²) in [6.07, 6.45) is 4.83. The number of likely N-dealkylation sites (tertiary alicyclic amines) is 2. The molecule has 0 aromatic carbocycles. The van der Waals surface area contributed by atoms with Crippen LogP contribution in [0.5, 0.6) is 0 Å².